The van der Waals surface area contributed by atoms with Gasteiger partial charge in [0.15, 0.2) is 0 Å². The number of thiophene rings is 1. The summed E-state index contributed by atoms with van der Waals surface area (Å²) in [5.41, 5.74) is 0.384. The van der Waals surface area contributed by atoms with Gasteiger partial charge in [0, 0.05) is 42.5 Å². The second-order valence-corrected chi connectivity index (χ2v) is 11.4. The first-order valence-electron chi connectivity index (χ1n) is 10.5. The number of carbonyl (C=O) groups excluding carboxylic acids is 2. The molecule has 12 heteroatoms. The van der Waals surface area contributed by atoms with Crippen LogP contribution in [0.5, 0.6) is 0 Å². The van der Waals surface area contributed by atoms with Crippen LogP contribution in [0.2, 0.25) is 5.02 Å². The summed E-state index contributed by atoms with van der Waals surface area (Å²) in [4.78, 5) is 26.8. The van der Waals surface area contributed by atoms with Crippen LogP contribution in [0, 0.1) is 11.7 Å². The summed E-state index contributed by atoms with van der Waals surface area (Å²) in [6.07, 6.45) is 0.621. The summed E-state index contributed by atoms with van der Waals surface area (Å²) in [6.45, 7) is 2.21. The minimum Gasteiger partial charge on any atom is -0.378 e. The molecule has 2 aromatic rings. The number of nitrogens with one attached hydrogen (secondary N) is 1. The van der Waals surface area contributed by atoms with Crippen LogP contribution >= 0.6 is 22.9 Å². The molecular formula is C21H23ClFN3O5S2. The van der Waals surface area contributed by atoms with Crippen molar-refractivity contribution in [2.24, 2.45) is 5.92 Å². The SMILES string of the molecule is O=C(Nc1ccc(Cl)cc1F)C1CCN(S(=O)(=O)c2cc(C(=O)N3CCOCC3)cs2)CC1. The van der Waals surface area contributed by atoms with Crippen molar-refractivity contribution in [1.29, 1.82) is 0 Å². The number of rotatable bonds is 5. The quantitative estimate of drug-likeness (QED) is 0.660. The van der Waals surface area contributed by atoms with Gasteiger partial charge in [-0.3, -0.25) is 9.59 Å². The average molecular weight is 516 g/mol. The van der Waals surface area contributed by atoms with Crippen LogP contribution in [0.4, 0.5) is 10.1 Å². The molecule has 3 heterocycles. The molecule has 178 valence electrons. The number of halogens is 2. The van der Waals surface area contributed by atoms with E-state index in [0.29, 0.717) is 44.7 Å². The molecular weight excluding hydrogens is 493 g/mol. The topological polar surface area (TPSA) is 96.0 Å². The largest absolute Gasteiger partial charge is 0.378 e. The lowest BCUT2D eigenvalue weighted by molar-refractivity contribution is -0.120. The lowest BCUT2D eigenvalue weighted by atomic mass is 9.97. The van der Waals surface area contributed by atoms with E-state index in [9.17, 15) is 22.4 Å². The van der Waals surface area contributed by atoms with Crippen LogP contribution in [0.15, 0.2) is 33.9 Å². The molecule has 4 rings (SSSR count). The number of ether oxygens (including phenoxy) is 1. The maximum atomic E-state index is 13.9. The third-order valence-electron chi connectivity index (χ3n) is 5.73. The first-order chi connectivity index (χ1) is 15.8. The molecule has 1 N–H and O–H groups in total. The summed E-state index contributed by atoms with van der Waals surface area (Å²) < 4.78 is 46.8. The van der Waals surface area contributed by atoms with Gasteiger partial charge in [-0.25, -0.2) is 12.8 Å². The summed E-state index contributed by atoms with van der Waals surface area (Å²) in [6, 6.07) is 5.40. The first-order valence-corrected chi connectivity index (χ1v) is 13.2. The van der Waals surface area contributed by atoms with Crippen LogP contribution in [-0.2, 0) is 19.6 Å². The van der Waals surface area contributed by atoms with Crippen molar-refractivity contribution >= 4 is 50.5 Å². The van der Waals surface area contributed by atoms with E-state index in [0.717, 1.165) is 17.4 Å². The van der Waals surface area contributed by atoms with Gasteiger partial charge in [-0.1, -0.05) is 11.6 Å². The summed E-state index contributed by atoms with van der Waals surface area (Å²) in [5.74, 6) is -1.63. The smallest absolute Gasteiger partial charge is 0.254 e. The van der Waals surface area contributed by atoms with Crippen molar-refractivity contribution in [3.8, 4) is 0 Å². The Labute approximate surface area is 200 Å². The highest BCUT2D eigenvalue weighted by Crippen LogP contribution is 2.29. The van der Waals surface area contributed by atoms with Gasteiger partial charge in [0.25, 0.3) is 15.9 Å². The minimum absolute atomic E-state index is 0.0375. The molecule has 2 fully saturated rings. The molecule has 2 aliphatic heterocycles. The van der Waals surface area contributed by atoms with E-state index in [2.05, 4.69) is 5.32 Å². The van der Waals surface area contributed by atoms with Gasteiger partial charge in [0.05, 0.1) is 24.5 Å². The van der Waals surface area contributed by atoms with Crippen molar-refractivity contribution < 1.29 is 27.1 Å². The summed E-state index contributed by atoms with van der Waals surface area (Å²) >= 11 is 6.74. The van der Waals surface area contributed by atoms with Crippen LogP contribution in [0.1, 0.15) is 23.2 Å². The van der Waals surface area contributed by atoms with Gasteiger partial charge in [-0.2, -0.15) is 4.31 Å². The minimum atomic E-state index is -3.77. The Kier molecular flexibility index (Phi) is 7.34. The molecule has 2 aliphatic rings. The molecule has 0 atom stereocenters. The Morgan fingerprint density at radius 1 is 1.12 bits per heavy atom. The van der Waals surface area contributed by atoms with Crippen molar-refractivity contribution in [2.75, 3.05) is 44.7 Å². The highest BCUT2D eigenvalue weighted by molar-refractivity contribution is 7.91. The standard InChI is InChI=1S/C21H23ClFN3O5S2/c22-16-1-2-18(17(23)12-16)24-20(27)14-3-5-26(6-4-14)33(29,30)19-11-15(13-32-19)21(28)25-7-9-31-10-8-25/h1-2,11-14H,3-10H2,(H,24,27). The van der Waals surface area contributed by atoms with E-state index >= 15 is 0 Å². The fourth-order valence-corrected chi connectivity index (χ4v) is 6.76. The number of morpholine rings is 1. The number of hydrogen-bond donors (Lipinski definition) is 1. The molecule has 0 bridgehead atoms. The van der Waals surface area contributed by atoms with E-state index in [-0.39, 0.29) is 39.8 Å². The number of carbonyl (C=O) groups is 2. The van der Waals surface area contributed by atoms with Crippen LogP contribution < -0.4 is 5.32 Å². The molecule has 2 saturated heterocycles. The molecule has 33 heavy (non-hydrogen) atoms. The van der Waals surface area contributed by atoms with Gasteiger partial charge in [-0.05, 0) is 37.1 Å². The van der Waals surface area contributed by atoms with E-state index in [1.807, 2.05) is 0 Å². The zero-order valence-electron chi connectivity index (χ0n) is 17.6. The number of anilines is 1. The van der Waals surface area contributed by atoms with Crippen molar-refractivity contribution in [3.63, 3.8) is 0 Å². The van der Waals surface area contributed by atoms with Gasteiger partial charge in [0.2, 0.25) is 5.91 Å². The Bertz CT molecular complexity index is 1140. The monoisotopic (exact) mass is 515 g/mol. The Hall–Kier alpha value is -2.05. The lowest BCUT2D eigenvalue weighted by Gasteiger charge is -2.30. The molecule has 0 unspecified atom stereocenters. The third kappa shape index (κ3) is 5.38. The van der Waals surface area contributed by atoms with E-state index in [1.54, 1.807) is 10.3 Å². The zero-order valence-corrected chi connectivity index (χ0v) is 20.0. The maximum absolute atomic E-state index is 13.9. The Morgan fingerprint density at radius 3 is 2.48 bits per heavy atom. The number of amides is 2. The fraction of sp³-hybridized carbons (Fsp3) is 0.429. The van der Waals surface area contributed by atoms with E-state index in [4.69, 9.17) is 16.3 Å². The number of piperidine rings is 1. The second kappa shape index (κ2) is 10.1. The van der Waals surface area contributed by atoms with Crippen LogP contribution in [0.25, 0.3) is 0 Å². The second-order valence-electron chi connectivity index (χ2n) is 7.85. The molecule has 0 spiro atoms. The Morgan fingerprint density at radius 2 is 1.82 bits per heavy atom. The van der Waals surface area contributed by atoms with Gasteiger partial charge in [0.1, 0.15) is 10.0 Å². The lowest BCUT2D eigenvalue weighted by Crippen LogP contribution is -2.41. The fourth-order valence-electron chi connectivity index (χ4n) is 3.82. The van der Waals surface area contributed by atoms with Crippen molar-refractivity contribution in [2.45, 2.75) is 17.1 Å². The highest BCUT2D eigenvalue weighted by Gasteiger charge is 2.34. The normalized spacial score (nSPS) is 18.3. The zero-order chi connectivity index (χ0) is 23.6. The molecule has 0 aliphatic carbocycles. The van der Waals surface area contributed by atoms with Crippen molar-refractivity contribution in [1.82, 2.24) is 9.21 Å². The first kappa shape index (κ1) is 24.1. The highest BCUT2D eigenvalue weighted by atomic mass is 35.5. The molecule has 8 nitrogen and oxygen atoms in total. The molecule has 1 aromatic carbocycles. The van der Waals surface area contributed by atoms with Crippen molar-refractivity contribution in [3.05, 3.63) is 46.0 Å². The third-order valence-corrected chi connectivity index (χ3v) is 9.28. The molecule has 1 aromatic heterocycles. The van der Waals surface area contributed by atoms with Crippen LogP contribution in [0.3, 0.4) is 0 Å². The molecule has 0 saturated carbocycles. The van der Waals surface area contributed by atoms with E-state index in [1.165, 1.54) is 22.5 Å². The number of sulfonamides is 1. The molecule has 0 radical (unpaired) electrons. The van der Waals surface area contributed by atoms with Gasteiger partial charge < -0.3 is 15.0 Å². The number of benzene rings is 1. The predicted molar refractivity (Wildman–Crippen MR) is 123 cm³/mol. The summed E-state index contributed by atoms with van der Waals surface area (Å²) in [5, 5.41) is 4.34. The van der Waals surface area contributed by atoms with Gasteiger partial charge >= 0.3 is 0 Å². The predicted octanol–water partition coefficient (Wildman–Crippen LogP) is 3.05. The maximum Gasteiger partial charge on any atom is 0.254 e. The van der Waals surface area contributed by atoms with Gasteiger partial charge in [-0.15, -0.1) is 11.3 Å². The average Bonchev–Trinajstić information content (AvgIpc) is 3.32. The number of nitrogens with zero attached hydrogens (tertiary/aromatic N) is 2. The number of hydrogen-bond acceptors (Lipinski definition) is 6. The van der Waals surface area contributed by atoms with E-state index < -0.39 is 21.8 Å². The Balaban J connectivity index is 1.36. The van der Waals surface area contributed by atoms with Crippen LogP contribution in [-0.4, -0.2) is 68.8 Å². The molecule has 2 amide bonds. The summed E-state index contributed by atoms with van der Waals surface area (Å²) in [7, 11) is -3.77.